The van der Waals surface area contributed by atoms with Gasteiger partial charge in [0.15, 0.2) is 0 Å². The van der Waals surface area contributed by atoms with Gasteiger partial charge in [-0.25, -0.2) is 13.8 Å². The van der Waals surface area contributed by atoms with Crippen molar-refractivity contribution in [1.82, 2.24) is 4.98 Å². The number of pyridine rings is 1. The minimum Gasteiger partial charge on any atom is -0.481 e. The number of hydrogen-bond acceptors (Lipinski definition) is 2. The molecule has 0 aromatic carbocycles. The molecule has 0 aliphatic rings. The lowest BCUT2D eigenvalue weighted by atomic mass is 10.1. The van der Waals surface area contributed by atoms with Crippen LogP contribution in [0.15, 0.2) is 6.20 Å². The van der Waals surface area contributed by atoms with Crippen LogP contribution in [0.1, 0.15) is 17.6 Å². The highest BCUT2D eigenvalue weighted by Crippen LogP contribution is 2.31. The lowest BCUT2D eigenvalue weighted by molar-refractivity contribution is -0.136. The van der Waals surface area contributed by atoms with Crippen LogP contribution in [0.2, 0.25) is 5.02 Å². The molecule has 15 heavy (non-hydrogen) atoms. The van der Waals surface area contributed by atoms with E-state index in [1.165, 1.54) is 0 Å². The van der Waals surface area contributed by atoms with Crippen molar-refractivity contribution >= 4 is 17.6 Å². The molecule has 0 spiro atoms. The van der Waals surface area contributed by atoms with Crippen LogP contribution in [0, 0.1) is 5.95 Å². The first kappa shape index (κ1) is 11.8. The Morgan fingerprint density at radius 3 is 2.67 bits per heavy atom. The molecule has 0 fully saturated rings. The van der Waals surface area contributed by atoms with Crippen LogP contribution in [-0.2, 0) is 11.2 Å². The Morgan fingerprint density at radius 2 is 2.20 bits per heavy atom. The molecule has 3 nitrogen and oxygen atoms in total. The fourth-order valence-corrected chi connectivity index (χ4v) is 1.31. The van der Waals surface area contributed by atoms with Gasteiger partial charge in [0.25, 0.3) is 6.43 Å². The number of carboxylic acid groups (broad SMARTS) is 1. The van der Waals surface area contributed by atoms with E-state index >= 15 is 0 Å². The number of carboxylic acids is 1. The third kappa shape index (κ3) is 2.59. The minimum atomic E-state index is -3.04. The summed E-state index contributed by atoms with van der Waals surface area (Å²) in [5.74, 6) is -2.55. The maximum Gasteiger partial charge on any atom is 0.307 e. The minimum absolute atomic E-state index is 0.288. The molecule has 82 valence electrons. The average Bonchev–Trinajstić information content (AvgIpc) is 2.10. The number of rotatable bonds is 3. The standard InChI is InChI=1S/C8H5ClF3NO2/c9-6-5(7(10)11)3(1-4(14)15)2-13-8(6)12/h2,7H,1H2,(H,14,15). The highest BCUT2D eigenvalue weighted by atomic mass is 35.5. The Morgan fingerprint density at radius 1 is 1.60 bits per heavy atom. The summed E-state index contributed by atoms with van der Waals surface area (Å²) < 4.78 is 37.6. The number of carbonyl (C=O) groups is 1. The highest BCUT2D eigenvalue weighted by molar-refractivity contribution is 6.31. The quantitative estimate of drug-likeness (QED) is 0.824. The van der Waals surface area contributed by atoms with Gasteiger partial charge in [-0.3, -0.25) is 4.79 Å². The van der Waals surface area contributed by atoms with Crippen molar-refractivity contribution in [3.63, 3.8) is 0 Å². The molecule has 0 aliphatic heterocycles. The molecule has 1 aromatic rings. The van der Waals surface area contributed by atoms with E-state index in [-0.39, 0.29) is 5.56 Å². The van der Waals surface area contributed by atoms with Crippen LogP contribution >= 0.6 is 11.6 Å². The van der Waals surface area contributed by atoms with Gasteiger partial charge in [-0.2, -0.15) is 4.39 Å². The Kier molecular flexibility index (Phi) is 3.52. The summed E-state index contributed by atoms with van der Waals surface area (Å²) in [4.78, 5) is 13.4. The smallest absolute Gasteiger partial charge is 0.307 e. The molecule has 0 amide bonds. The maximum atomic E-state index is 12.7. The van der Waals surface area contributed by atoms with Crippen molar-refractivity contribution in [2.45, 2.75) is 12.8 Å². The number of aromatic nitrogens is 1. The molecule has 0 saturated heterocycles. The lowest BCUT2D eigenvalue weighted by Crippen LogP contribution is -2.06. The molecule has 1 rings (SSSR count). The van der Waals surface area contributed by atoms with Crippen LogP contribution in [0.4, 0.5) is 13.2 Å². The van der Waals surface area contributed by atoms with Crippen molar-refractivity contribution < 1.29 is 23.1 Å². The van der Waals surface area contributed by atoms with E-state index in [0.717, 1.165) is 6.20 Å². The summed E-state index contributed by atoms with van der Waals surface area (Å²) in [7, 11) is 0. The van der Waals surface area contributed by atoms with Crippen LogP contribution in [-0.4, -0.2) is 16.1 Å². The lowest BCUT2D eigenvalue weighted by Gasteiger charge is -2.08. The van der Waals surface area contributed by atoms with Crippen molar-refractivity contribution in [2.75, 3.05) is 0 Å². The third-order valence-corrected chi connectivity index (χ3v) is 2.02. The maximum absolute atomic E-state index is 12.7. The van der Waals surface area contributed by atoms with E-state index in [4.69, 9.17) is 16.7 Å². The van der Waals surface area contributed by atoms with E-state index in [0.29, 0.717) is 0 Å². The molecule has 0 unspecified atom stereocenters. The predicted molar refractivity (Wildman–Crippen MR) is 45.5 cm³/mol. The molecular formula is C8H5ClF3NO2. The molecule has 0 radical (unpaired) electrons. The molecular weight excluding hydrogens is 235 g/mol. The first-order valence-corrected chi connectivity index (χ1v) is 4.14. The molecule has 0 atom stereocenters. The number of alkyl halides is 2. The molecule has 1 heterocycles. The van der Waals surface area contributed by atoms with Crippen LogP contribution in [0.3, 0.4) is 0 Å². The van der Waals surface area contributed by atoms with E-state index in [1.54, 1.807) is 0 Å². The Balaban J connectivity index is 3.26. The van der Waals surface area contributed by atoms with E-state index < -0.39 is 35.3 Å². The Bertz CT molecular complexity index is 398. The van der Waals surface area contributed by atoms with Gasteiger partial charge in [-0.05, 0) is 5.56 Å². The fourth-order valence-electron chi connectivity index (χ4n) is 1.05. The SMILES string of the molecule is O=C(O)Cc1cnc(F)c(Cl)c1C(F)F. The summed E-state index contributed by atoms with van der Waals surface area (Å²) >= 11 is 5.27. The second-order valence-electron chi connectivity index (χ2n) is 2.67. The Labute approximate surface area is 87.5 Å². The summed E-state index contributed by atoms with van der Waals surface area (Å²) in [5.41, 5.74) is -1.10. The molecule has 1 aromatic heterocycles. The fraction of sp³-hybridized carbons (Fsp3) is 0.250. The normalized spacial score (nSPS) is 10.7. The number of aliphatic carboxylic acids is 1. The first-order valence-electron chi connectivity index (χ1n) is 3.76. The zero-order valence-electron chi connectivity index (χ0n) is 7.18. The number of hydrogen-bond donors (Lipinski definition) is 1. The average molecular weight is 240 g/mol. The Hall–Kier alpha value is -1.30. The van der Waals surface area contributed by atoms with Crippen molar-refractivity contribution in [3.8, 4) is 0 Å². The summed E-state index contributed by atoms with van der Waals surface area (Å²) in [5, 5.41) is 7.59. The second kappa shape index (κ2) is 4.48. The zero-order chi connectivity index (χ0) is 11.6. The van der Waals surface area contributed by atoms with Crippen molar-refractivity contribution in [3.05, 3.63) is 28.3 Å². The van der Waals surface area contributed by atoms with Gasteiger partial charge < -0.3 is 5.11 Å². The molecule has 1 N–H and O–H groups in total. The largest absolute Gasteiger partial charge is 0.481 e. The van der Waals surface area contributed by atoms with Crippen LogP contribution < -0.4 is 0 Å². The van der Waals surface area contributed by atoms with E-state index in [2.05, 4.69) is 4.98 Å². The van der Waals surface area contributed by atoms with Gasteiger partial charge in [0.2, 0.25) is 5.95 Å². The topological polar surface area (TPSA) is 50.2 Å². The predicted octanol–water partition coefficient (Wildman–Crippen LogP) is 2.44. The summed E-state index contributed by atoms with van der Waals surface area (Å²) in [6, 6.07) is 0. The molecule has 0 aliphatic carbocycles. The first-order chi connectivity index (χ1) is 6.93. The monoisotopic (exact) mass is 239 g/mol. The molecule has 0 bridgehead atoms. The van der Waals surface area contributed by atoms with Crippen LogP contribution in [0.5, 0.6) is 0 Å². The van der Waals surface area contributed by atoms with Gasteiger partial charge in [-0.1, -0.05) is 11.6 Å². The van der Waals surface area contributed by atoms with Gasteiger partial charge in [-0.15, -0.1) is 0 Å². The third-order valence-electron chi connectivity index (χ3n) is 1.66. The van der Waals surface area contributed by atoms with E-state index in [9.17, 15) is 18.0 Å². The van der Waals surface area contributed by atoms with Crippen LogP contribution in [0.25, 0.3) is 0 Å². The molecule has 7 heteroatoms. The summed E-state index contributed by atoms with van der Waals surface area (Å²) in [6.07, 6.45) is -2.96. The van der Waals surface area contributed by atoms with Gasteiger partial charge >= 0.3 is 5.97 Å². The second-order valence-corrected chi connectivity index (χ2v) is 3.05. The van der Waals surface area contributed by atoms with E-state index in [1.807, 2.05) is 0 Å². The summed E-state index contributed by atoms with van der Waals surface area (Å²) in [6.45, 7) is 0. The van der Waals surface area contributed by atoms with Crippen molar-refractivity contribution in [1.29, 1.82) is 0 Å². The number of halogens is 4. The molecule has 0 saturated carbocycles. The van der Waals surface area contributed by atoms with Crippen molar-refractivity contribution in [2.24, 2.45) is 0 Å². The van der Waals surface area contributed by atoms with Gasteiger partial charge in [0.1, 0.15) is 5.02 Å². The van der Waals surface area contributed by atoms with Gasteiger partial charge in [0, 0.05) is 11.8 Å². The highest BCUT2D eigenvalue weighted by Gasteiger charge is 2.22. The zero-order valence-corrected chi connectivity index (χ0v) is 7.93. The van der Waals surface area contributed by atoms with Gasteiger partial charge in [0.05, 0.1) is 6.42 Å². The number of nitrogens with zero attached hydrogens (tertiary/aromatic N) is 1.